The number of hydrogen-bond donors (Lipinski definition) is 5. The molecule has 0 fully saturated rings. The quantitative estimate of drug-likeness (QED) is 0.0851. The van der Waals surface area contributed by atoms with Crippen LogP contribution in [0.4, 0.5) is 23.3 Å². The van der Waals surface area contributed by atoms with Crippen molar-refractivity contribution in [1.29, 1.82) is 15.8 Å². The van der Waals surface area contributed by atoms with E-state index in [4.69, 9.17) is 21.2 Å². The molecule has 0 aliphatic carbocycles. The number of carbonyl (C=O) groups excluding carboxylic acids is 1. The second-order valence-electron chi connectivity index (χ2n) is 13.8. The molecule has 3 atom stereocenters. The summed E-state index contributed by atoms with van der Waals surface area (Å²) in [6.07, 6.45) is 10.9. The summed E-state index contributed by atoms with van der Waals surface area (Å²) < 4.78 is 3.10. The van der Waals surface area contributed by atoms with Crippen LogP contribution in [-0.4, -0.2) is 75.1 Å². The summed E-state index contributed by atoms with van der Waals surface area (Å²) in [6, 6.07) is 21.0. The zero-order valence-corrected chi connectivity index (χ0v) is 33.1. The van der Waals surface area contributed by atoms with E-state index in [0.717, 1.165) is 16.7 Å². The number of hydrogen-bond acceptors (Lipinski definition) is 14. The first kappa shape index (κ1) is 42.1. The molecule has 19 nitrogen and oxygen atoms in total. The van der Waals surface area contributed by atoms with Crippen molar-refractivity contribution >= 4 is 35.1 Å². The minimum Gasteiger partial charge on any atom is -0.478 e. The first-order valence-electron chi connectivity index (χ1n) is 18.9. The summed E-state index contributed by atoms with van der Waals surface area (Å²) >= 11 is 0. The van der Waals surface area contributed by atoms with Crippen molar-refractivity contribution in [1.82, 2.24) is 44.8 Å². The molecule has 0 saturated carbocycles. The molecular weight excluding hydrogens is 777 g/mol. The van der Waals surface area contributed by atoms with Gasteiger partial charge in [-0.3, -0.25) is 14.2 Å². The molecule has 2 aromatic carbocycles. The van der Waals surface area contributed by atoms with Gasteiger partial charge in [-0.15, -0.1) is 0 Å². The van der Waals surface area contributed by atoms with Gasteiger partial charge >= 0.3 is 5.97 Å². The summed E-state index contributed by atoms with van der Waals surface area (Å²) in [7, 11) is 0. The van der Waals surface area contributed by atoms with E-state index in [1.54, 1.807) is 85.2 Å². The van der Waals surface area contributed by atoms with Gasteiger partial charge in [-0.1, -0.05) is 29.1 Å². The lowest BCUT2D eigenvalue weighted by Gasteiger charge is -2.15. The van der Waals surface area contributed by atoms with E-state index in [1.807, 2.05) is 19.1 Å². The number of nitriles is 3. The molecule has 4 heterocycles. The van der Waals surface area contributed by atoms with E-state index in [-0.39, 0.29) is 43.0 Å². The fourth-order valence-corrected chi connectivity index (χ4v) is 6.05. The predicted octanol–water partition coefficient (Wildman–Crippen LogP) is 5.09. The van der Waals surface area contributed by atoms with Crippen LogP contribution >= 0.6 is 0 Å². The number of carboxylic acid groups (broad SMARTS) is 1. The van der Waals surface area contributed by atoms with Gasteiger partial charge in [0.1, 0.15) is 18.6 Å². The molecule has 0 saturated heterocycles. The van der Waals surface area contributed by atoms with Crippen LogP contribution in [-0.2, 0) is 19.5 Å². The maximum Gasteiger partial charge on any atom is 0.335 e. The van der Waals surface area contributed by atoms with Gasteiger partial charge in [0.2, 0.25) is 11.9 Å². The highest BCUT2D eigenvalue weighted by Gasteiger charge is 2.24. The SMILES string of the molecule is Cc1cnc(Nc2cnn(CC#[N+]CC(CCc3cnc(Nc4cnn(CC#N)c4)nc3-c3ccc(C(=O)N[C@@H](C)C#N)cc3)[C@H](N)C#N)c2)nc1-c1ccc(C(=O)O)cc1. The maximum atomic E-state index is 12.6. The molecule has 0 aliphatic heterocycles. The monoisotopic (exact) mass is 815 g/mol. The van der Waals surface area contributed by atoms with Gasteiger partial charge in [-0.05, 0) is 62.1 Å². The van der Waals surface area contributed by atoms with Gasteiger partial charge in [-0.2, -0.15) is 26.0 Å². The summed E-state index contributed by atoms with van der Waals surface area (Å²) in [5.41, 5.74) is 12.3. The maximum absolute atomic E-state index is 12.6. The number of nitrogens with zero attached hydrogens (tertiary/aromatic N) is 12. The Kier molecular flexibility index (Phi) is 13.6. The highest BCUT2D eigenvalue weighted by atomic mass is 16.4. The second kappa shape index (κ2) is 19.8. The lowest BCUT2D eigenvalue weighted by atomic mass is 9.92. The molecule has 0 aliphatic rings. The summed E-state index contributed by atoms with van der Waals surface area (Å²) in [5, 5.41) is 54.5. The Bertz CT molecular complexity index is 2710. The standard InChI is InChI=1S/C42H38N16O3/c1-26-19-48-41(55-37(26)28-5-9-31(10-6-28)40(60)61)53-35-23-51-58(25-35)16-14-47-20-32(36(46)18-45)11-12-33-21-49-42(54-34-22-50-57(24-34)15-13-43)56-38(33)29-3-7-30(8-4-29)39(59)52-27(2)17-44/h3-10,19,21-25,27,32,36H,11-12,15-16,20,46H2,1-2H3,(H3-,48,49,52,53,54,55,56,59,60,61)/p+1/t27-,32?,36+/m0/s1. The Morgan fingerprint density at radius 3 is 2.02 bits per heavy atom. The fourth-order valence-electron chi connectivity index (χ4n) is 6.05. The van der Waals surface area contributed by atoms with E-state index < -0.39 is 18.1 Å². The number of nitrogens with one attached hydrogen (secondary N) is 3. The van der Waals surface area contributed by atoms with Crippen molar-refractivity contribution in [2.75, 3.05) is 17.2 Å². The second-order valence-corrected chi connectivity index (χ2v) is 13.8. The number of amides is 1. The van der Waals surface area contributed by atoms with Gasteiger partial charge in [0.15, 0.2) is 6.54 Å². The Morgan fingerprint density at radius 1 is 0.820 bits per heavy atom. The van der Waals surface area contributed by atoms with Crippen LogP contribution in [0.3, 0.4) is 0 Å². The third kappa shape index (κ3) is 11.1. The van der Waals surface area contributed by atoms with Gasteiger partial charge in [0, 0.05) is 41.5 Å². The zero-order chi connectivity index (χ0) is 43.3. The molecule has 1 unspecified atom stereocenters. The third-order valence-electron chi connectivity index (χ3n) is 9.33. The van der Waals surface area contributed by atoms with Crippen LogP contribution in [0, 0.1) is 52.9 Å². The average molecular weight is 816 g/mol. The van der Waals surface area contributed by atoms with Crippen molar-refractivity contribution in [3.63, 3.8) is 0 Å². The molecule has 1 amide bonds. The first-order valence-corrected chi connectivity index (χ1v) is 18.9. The van der Waals surface area contributed by atoms with E-state index in [9.17, 15) is 20.0 Å². The summed E-state index contributed by atoms with van der Waals surface area (Å²) in [4.78, 5) is 46.7. The van der Waals surface area contributed by atoms with Crippen LogP contribution in [0.2, 0.25) is 0 Å². The van der Waals surface area contributed by atoms with Crippen LogP contribution in [0.5, 0.6) is 0 Å². The van der Waals surface area contributed by atoms with Crippen molar-refractivity contribution in [2.45, 2.75) is 51.9 Å². The number of nitrogens with two attached hydrogens (primary N) is 1. The molecule has 19 heteroatoms. The molecule has 304 valence electrons. The molecule has 6 N–H and O–H groups in total. The normalized spacial score (nSPS) is 12.0. The lowest BCUT2D eigenvalue weighted by Crippen LogP contribution is -2.31. The number of aromatic nitrogens is 8. The molecule has 0 spiro atoms. The van der Waals surface area contributed by atoms with Gasteiger partial charge < -0.3 is 26.8 Å². The minimum absolute atomic E-state index is 0.0818. The minimum atomic E-state index is -1.01. The fraction of sp³-hybridized carbons (Fsp3) is 0.238. The molecular formula is C42H39N16O3+. The average Bonchev–Trinajstić information content (AvgIpc) is 3.92. The lowest BCUT2D eigenvalue weighted by molar-refractivity contribution is 0.0696. The van der Waals surface area contributed by atoms with Gasteiger partial charge in [0.25, 0.3) is 18.5 Å². The number of benzene rings is 2. The number of carbonyl (C=O) groups is 2. The van der Waals surface area contributed by atoms with Crippen molar-refractivity contribution < 1.29 is 14.7 Å². The van der Waals surface area contributed by atoms with Crippen LogP contribution in [0.15, 0.2) is 85.7 Å². The Balaban J connectivity index is 1.12. The number of aryl methyl sites for hydroxylation is 2. The van der Waals surface area contributed by atoms with Gasteiger partial charge in [0.05, 0.1) is 64.8 Å². The highest BCUT2D eigenvalue weighted by molar-refractivity contribution is 5.95. The highest BCUT2D eigenvalue weighted by Crippen LogP contribution is 2.27. The number of carboxylic acids is 1. The number of rotatable bonds is 16. The van der Waals surface area contributed by atoms with Crippen LogP contribution in [0.1, 0.15) is 45.2 Å². The van der Waals surface area contributed by atoms with Crippen molar-refractivity contribution in [2.24, 2.45) is 11.7 Å². The first-order chi connectivity index (χ1) is 29.5. The molecule has 6 rings (SSSR count). The largest absolute Gasteiger partial charge is 0.478 e. The smallest absolute Gasteiger partial charge is 0.335 e. The molecule has 61 heavy (non-hydrogen) atoms. The van der Waals surface area contributed by atoms with Gasteiger partial charge in [-0.25, -0.2) is 24.7 Å². The van der Waals surface area contributed by atoms with Crippen LogP contribution < -0.4 is 21.7 Å². The zero-order valence-electron chi connectivity index (χ0n) is 33.1. The molecule has 4 aromatic heterocycles. The van der Waals surface area contributed by atoms with E-state index in [2.05, 4.69) is 58.1 Å². The number of aromatic carboxylic acids is 1. The topological polar surface area (TPSA) is 279 Å². The summed E-state index contributed by atoms with van der Waals surface area (Å²) in [5.74, 6) is -1.11. The van der Waals surface area contributed by atoms with Crippen molar-refractivity contribution in [3.05, 3.63) is 113 Å². The Morgan fingerprint density at radius 2 is 1.41 bits per heavy atom. The third-order valence-corrected chi connectivity index (χ3v) is 9.33. The van der Waals surface area contributed by atoms with E-state index in [0.29, 0.717) is 52.7 Å². The molecule has 0 radical (unpaired) electrons. The van der Waals surface area contributed by atoms with E-state index in [1.165, 1.54) is 16.8 Å². The number of anilines is 4. The molecule has 0 bridgehead atoms. The Labute approximate surface area is 350 Å². The van der Waals surface area contributed by atoms with Crippen molar-refractivity contribution in [3.8, 4) is 46.8 Å². The Hall–Kier alpha value is -8.52. The van der Waals surface area contributed by atoms with Crippen LogP contribution in [0.25, 0.3) is 27.4 Å². The van der Waals surface area contributed by atoms with E-state index >= 15 is 0 Å². The molecule has 6 aromatic rings. The summed E-state index contributed by atoms with van der Waals surface area (Å²) in [6.45, 7) is 3.99. The predicted molar refractivity (Wildman–Crippen MR) is 223 cm³/mol.